The van der Waals surface area contributed by atoms with Gasteiger partial charge in [-0.15, -0.1) is 0 Å². The van der Waals surface area contributed by atoms with Crippen LogP contribution in [-0.2, 0) is 28.6 Å². The summed E-state index contributed by atoms with van der Waals surface area (Å²) in [6.07, 6.45) is 100.0. The van der Waals surface area contributed by atoms with Crippen LogP contribution in [0.25, 0.3) is 0 Å². The van der Waals surface area contributed by atoms with Gasteiger partial charge in [-0.25, -0.2) is 0 Å². The molecule has 0 saturated carbocycles. The highest BCUT2D eigenvalue weighted by Crippen LogP contribution is 2.15. The number of hydrogen-bond donors (Lipinski definition) is 0. The molecule has 0 fully saturated rings. The van der Waals surface area contributed by atoms with Crippen molar-refractivity contribution in [1.29, 1.82) is 0 Å². The van der Waals surface area contributed by atoms with E-state index in [4.69, 9.17) is 14.2 Å². The van der Waals surface area contributed by atoms with Crippen LogP contribution < -0.4 is 0 Å². The summed E-state index contributed by atoms with van der Waals surface area (Å²) in [5.41, 5.74) is 0. The Morgan fingerprint density at radius 1 is 0.253 bits per heavy atom. The zero-order valence-corrected chi connectivity index (χ0v) is 53.9. The molecule has 0 aliphatic carbocycles. The van der Waals surface area contributed by atoms with Gasteiger partial charge < -0.3 is 14.2 Å². The van der Waals surface area contributed by atoms with Crippen molar-refractivity contribution in [2.75, 3.05) is 13.2 Å². The highest BCUT2D eigenvalue weighted by atomic mass is 16.6. The van der Waals surface area contributed by atoms with Crippen LogP contribution in [0.1, 0.15) is 303 Å². The maximum Gasteiger partial charge on any atom is 0.306 e. The molecule has 1 atom stereocenters. The SMILES string of the molecule is CC/C=C\C/C=C\C/C=C\C/C=C\C/C=C\C/C=C\CCCCC(=O)OC(COC(=O)CCCCCCCC/C=C\C/C=C\C/C=C\CCCCC)COC(=O)CCCCCCCCCCCC/C=C\C/C=C\C/C=C\CCCCCCC. The zero-order chi connectivity index (χ0) is 59.9. The molecule has 470 valence electrons. The Morgan fingerprint density at radius 3 is 0.783 bits per heavy atom. The third kappa shape index (κ3) is 68.0. The van der Waals surface area contributed by atoms with Crippen LogP contribution in [0.2, 0.25) is 0 Å². The first-order valence-electron chi connectivity index (χ1n) is 34.3. The van der Waals surface area contributed by atoms with Gasteiger partial charge in [0.05, 0.1) is 0 Å². The molecule has 0 aromatic heterocycles. The lowest BCUT2D eigenvalue weighted by Crippen LogP contribution is -2.30. The number of hydrogen-bond acceptors (Lipinski definition) is 6. The first-order chi connectivity index (χ1) is 41.0. The van der Waals surface area contributed by atoms with Crippen molar-refractivity contribution in [3.63, 3.8) is 0 Å². The Labute approximate surface area is 512 Å². The van der Waals surface area contributed by atoms with Gasteiger partial charge in [0.1, 0.15) is 13.2 Å². The molecule has 0 N–H and O–H groups in total. The number of carbonyl (C=O) groups is 3. The Hall–Kier alpha value is -4.71. The molecule has 0 saturated heterocycles. The van der Waals surface area contributed by atoms with Crippen LogP contribution in [0.15, 0.2) is 146 Å². The summed E-state index contributed by atoms with van der Waals surface area (Å²) in [6.45, 7) is 6.45. The van der Waals surface area contributed by atoms with Gasteiger partial charge in [0.15, 0.2) is 6.10 Å². The Kier molecular flexibility index (Phi) is 65.8. The second kappa shape index (κ2) is 69.8. The van der Waals surface area contributed by atoms with Gasteiger partial charge in [-0.2, -0.15) is 0 Å². The van der Waals surface area contributed by atoms with E-state index in [2.05, 4.69) is 167 Å². The van der Waals surface area contributed by atoms with E-state index in [-0.39, 0.29) is 37.5 Å². The number of rotatable bonds is 61. The molecule has 0 aliphatic rings. The number of ether oxygens (including phenoxy) is 3. The van der Waals surface area contributed by atoms with E-state index in [9.17, 15) is 14.4 Å². The van der Waals surface area contributed by atoms with Crippen LogP contribution in [0.5, 0.6) is 0 Å². The third-order valence-corrected chi connectivity index (χ3v) is 14.3. The second-order valence-corrected chi connectivity index (χ2v) is 22.3. The van der Waals surface area contributed by atoms with Gasteiger partial charge in [0.2, 0.25) is 0 Å². The fraction of sp³-hybridized carbons (Fsp3) is 0.649. The predicted molar refractivity (Wildman–Crippen MR) is 362 cm³/mol. The minimum atomic E-state index is -0.818. The van der Waals surface area contributed by atoms with E-state index in [1.807, 2.05) is 0 Å². The van der Waals surface area contributed by atoms with Gasteiger partial charge in [-0.1, -0.05) is 282 Å². The average molecular weight is 1150 g/mol. The van der Waals surface area contributed by atoms with Gasteiger partial charge >= 0.3 is 17.9 Å². The lowest BCUT2D eigenvalue weighted by molar-refractivity contribution is -0.167. The predicted octanol–water partition coefficient (Wildman–Crippen LogP) is 23.9. The summed E-state index contributed by atoms with van der Waals surface area (Å²) in [5, 5.41) is 0. The number of allylic oxidation sites excluding steroid dienone is 24. The van der Waals surface area contributed by atoms with E-state index >= 15 is 0 Å². The molecule has 0 heterocycles. The van der Waals surface area contributed by atoms with E-state index in [0.717, 1.165) is 128 Å². The highest BCUT2D eigenvalue weighted by molar-refractivity contribution is 5.71. The van der Waals surface area contributed by atoms with E-state index in [0.29, 0.717) is 19.3 Å². The first-order valence-corrected chi connectivity index (χ1v) is 34.3. The standard InChI is InChI=1S/C77H126O6/c1-4-7-10-13-16-19-22-25-28-31-34-36-37-38-39-41-43-46-49-52-55-58-61-64-67-70-76(79)82-73-74(72-81-75(78)69-66-63-60-57-54-51-48-45-42-33-30-27-24-21-18-15-12-9-6-3)83-77(80)71-68-65-62-59-56-53-50-47-44-40-35-32-29-26-23-20-17-14-11-8-5-2/h8,11,17-18,20-22,25-27,29-31,34-35,37-38,40,42,45,47,50,56,59,74H,4-7,9-10,12-16,19,23-24,28,32-33,36,39,41,43-44,46,48-49,51-55,57-58,60-73H2,1-3H3/b11-8-,20-17-,21-18-,25-22-,29-26-,30-27-,34-31-,38-37-,40-35-,45-42-,50-47-,59-56-. The molecule has 0 aromatic rings. The molecule has 0 rings (SSSR count). The Bertz CT molecular complexity index is 1800. The van der Waals surface area contributed by atoms with Crippen molar-refractivity contribution in [2.45, 2.75) is 309 Å². The van der Waals surface area contributed by atoms with Crippen molar-refractivity contribution in [1.82, 2.24) is 0 Å². The fourth-order valence-electron chi connectivity index (χ4n) is 9.17. The van der Waals surface area contributed by atoms with Gasteiger partial charge in [0, 0.05) is 19.3 Å². The zero-order valence-electron chi connectivity index (χ0n) is 53.9. The maximum absolute atomic E-state index is 12.9. The normalized spacial score (nSPS) is 13.0. The Morgan fingerprint density at radius 2 is 0.470 bits per heavy atom. The van der Waals surface area contributed by atoms with Gasteiger partial charge in [-0.3, -0.25) is 14.4 Å². The quantitative estimate of drug-likeness (QED) is 0.0261. The van der Waals surface area contributed by atoms with Crippen molar-refractivity contribution >= 4 is 17.9 Å². The minimum absolute atomic E-state index is 0.107. The molecule has 83 heavy (non-hydrogen) atoms. The van der Waals surface area contributed by atoms with Gasteiger partial charge in [0.25, 0.3) is 0 Å². The molecule has 0 amide bonds. The van der Waals surface area contributed by atoms with Crippen LogP contribution in [0, 0.1) is 0 Å². The maximum atomic E-state index is 12.9. The molecular weight excluding hydrogens is 1020 g/mol. The third-order valence-electron chi connectivity index (χ3n) is 14.3. The largest absolute Gasteiger partial charge is 0.462 e. The van der Waals surface area contributed by atoms with Gasteiger partial charge in [-0.05, 0) is 148 Å². The average Bonchev–Trinajstić information content (AvgIpc) is 3.50. The molecule has 0 bridgehead atoms. The molecule has 0 spiro atoms. The van der Waals surface area contributed by atoms with Crippen LogP contribution >= 0.6 is 0 Å². The van der Waals surface area contributed by atoms with Crippen molar-refractivity contribution < 1.29 is 28.6 Å². The fourth-order valence-corrected chi connectivity index (χ4v) is 9.17. The lowest BCUT2D eigenvalue weighted by atomic mass is 10.1. The molecule has 6 nitrogen and oxygen atoms in total. The van der Waals surface area contributed by atoms with E-state index < -0.39 is 6.10 Å². The lowest BCUT2D eigenvalue weighted by Gasteiger charge is -2.18. The minimum Gasteiger partial charge on any atom is -0.462 e. The molecule has 0 aliphatic heterocycles. The topological polar surface area (TPSA) is 78.9 Å². The van der Waals surface area contributed by atoms with Crippen LogP contribution in [0.3, 0.4) is 0 Å². The summed E-state index contributed by atoms with van der Waals surface area (Å²) in [7, 11) is 0. The first kappa shape index (κ1) is 78.3. The number of esters is 3. The van der Waals surface area contributed by atoms with Crippen molar-refractivity contribution in [3.8, 4) is 0 Å². The van der Waals surface area contributed by atoms with E-state index in [1.165, 1.54) is 128 Å². The van der Waals surface area contributed by atoms with Crippen molar-refractivity contribution in [3.05, 3.63) is 146 Å². The Balaban J connectivity index is 4.49. The smallest absolute Gasteiger partial charge is 0.306 e. The van der Waals surface area contributed by atoms with Crippen LogP contribution in [0.4, 0.5) is 0 Å². The summed E-state index contributed by atoms with van der Waals surface area (Å²) in [6, 6.07) is 0. The summed E-state index contributed by atoms with van der Waals surface area (Å²) in [4.78, 5) is 38.5. The number of carbonyl (C=O) groups excluding carboxylic acids is 3. The molecule has 1 unspecified atom stereocenters. The van der Waals surface area contributed by atoms with Crippen LogP contribution in [-0.4, -0.2) is 37.2 Å². The molecule has 0 aromatic carbocycles. The molecule has 0 radical (unpaired) electrons. The van der Waals surface area contributed by atoms with E-state index in [1.54, 1.807) is 0 Å². The number of unbranched alkanes of at least 4 members (excludes halogenated alkanes) is 26. The second-order valence-electron chi connectivity index (χ2n) is 22.3. The molecular formula is C77H126O6. The summed E-state index contributed by atoms with van der Waals surface area (Å²) < 4.78 is 16.9. The van der Waals surface area contributed by atoms with Crippen molar-refractivity contribution in [2.24, 2.45) is 0 Å². The monoisotopic (exact) mass is 1150 g/mol. The summed E-state index contributed by atoms with van der Waals surface area (Å²) in [5.74, 6) is -0.964. The highest BCUT2D eigenvalue weighted by Gasteiger charge is 2.19. The summed E-state index contributed by atoms with van der Waals surface area (Å²) >= 11 is 0. The molecule has 6 heteroatoms.